The molecule has 0 aromatic carbocycles. The first-order valence-corrected chi connectivity index (χ1v) is 5.76. The van der Waals surface area contributed by atoms with E-state index in [2.05, 4.69) is 5.10 Å². The van der Waals surface area contributed by atoms with Crippen molar-refractivity contribution in [3.8, 4) is 0 Å². The number of rotatable bonds is 5. The standard InChI is InChI=1S/C12H20N2O/c1-12(15,9-10-3-4-10)7-5-11-6-8-13-14(11)2/h6,8,10,15H,3-5,7,9H2,1-2H3. The van der Waals surface area contributed by atoms with Crippen LogP contribution >= 0.6 is 0 Å². The summed E-state index contributed by atoms with van der Waals surface area (Å²) in [7, 11) is 1.95. The van der Waals surface area contributed by atoms with Gasteiger partial charge in [0.25, 0.3) is 0 Å². The van der Waals surface area contributed by atoms with E-state index in [1.54, 1.807) is 0 Å². The molecule has 0 amide bonds. The van der Waals surface area contributed by atoms with Crippen molar-refractivity contribution in [3.05, 3.63) is 18.0 Å². The van der Waals surface area contributed by atoms with Crippen LogP contribution in [0.15, 0.2) is 12.3 Å². The molecule has 15 heavy (non-hydrogen) atoms. The first-order chi connectivity index (χ1) is 7.07. The van der Waals surface area contributed by atoms with Crippen molar-refractivity contribution in [2.45, 2.75) is 44.6 Å². The summed E-state index contributed by atoms with van der Waals surface area (Å²) in [5.74, 6) is 0.784. The monoisotopic (exact) mass is 208 g/mol. The van der Waals surface area contributed by atoms with Gasteiger partial charge in [-0.15, -0.1) is 0 Å². The van der Waals surface area contributed by atoms with E-state index in [1.807, 2.05) is 30.9 Å². The Balaban J connectivity index is 1.83. The fourth-order valence-corrected chi connectivity index (χ4v) is 2.09. The van der Waals surface area contributed by atoms with Crippen molar-refractivity contribution in [1.29, 1.82) is 0 Å². The lowest BCUT2D eigenvalue weighted by Crippen LogP contribution is -2.25. The summed E-state index contributed by atoms with van der Waals surface area (Å²) in [4.78, 5) is 0. The van der Waals surface area contributed by atoms with Gasteiger partial charge in [-0.1, -0.05) is 12.8 Å². The van der Waals surface area contributed by atoms with Crippen molar-refractivity contribution < 1.29 is 5.11 Å². The summed E-state index contributed by atoms with van der Waals surface area (Å²) < 4.78 is 1.88. The average Bonchev–Trinajstić information content (AvgIpc) is 2.84. The molecule has 0 radical (unpaired) electrons. The fourth-order valence-electron chi connectivity index (χ4n) is 2.09. The molecule has 1 atom stereocenters. The molecule has 0 saturated heterocycles. The van der Waals surface area contributed by atoms with Crippen LogP contribution in [0, 0.1) is 5.92 Å². The van der Waals surface area contributed by atoms with Gasteiger partial charge in [0, 0.05) is 18.9 Å². The maximum absolute atomic E-state index is 10.2. The molecule has 1 aliphatic rings. The Labute approximate surface area is 91.1 Å². The lowest BCUT2D eigenvalue weighted by atomic mass is 9.93. The Bertz CT molecular complexity index is 326. The van der Waals surface area contributed by atoms with Crippen LogP contribution in [0.2, 0.25) is 0 Å². The molecular weight excluding hydrogens is 188 g/mol. The molecule has 1 N–H and O–H groups in total. The predicted molar refractivity (Wildman–Crippen MR) is 59.5 cm³/mol. The zero-order chi connectivity index (χ0) is 10.9. The summed E-state index contributed by atoms with van der Waals surface area (Å²) in [6.07, 6.45) is 7.14. The van der Waals surface area contributed by atoms with E-state index in [0.29, 0.717) is 0 Å². The molecule has 3 heteroatoms. The van der Waals surface area contributed by atoms with E-state index in [4.69, 9.17) is 0 Å². The highest BCUT2D eigenvalue weighted by Gasteiger charge is 2.31. The van der Waals surface area contributed by atoms with Crippen LogP contribution in [-0.2, 0) is 13.5 Å². The number of hydrogen-bond donors (Lipinski definition) is 1. The smallest absolute Gasteiger partial charge is 0.0626 e. The quantitative estimate of drug-likeness (QED) is 0.802. The Hall–Kier alpha value is -0.830. The molecule has 1 aliphatic carbocycles. The zero-order valence-electron chi connectivity index (χ0n) is 9.61. The maximum atomic E-state index is 10.2. The highest BCUT2D eigenvalue weighted by Crippen LogP contribution is 2.38. The van der Waals surface area contributed by atoms with Crippen LogP contribution in [0.1, 0.15) is 38.3 Å². The van der Waals surface area contributed by atoms with E-state index >= 15 is 0 Å². The average molecular weight is 208 g/mol. The van der Waals surface area contributed by atoms with Crippen molar-refractivity contribution in [1.82, 2.24) is 9.78 Å². The van der Waals surface area contributed by atoms with Crippen LogP contribution in [-0.4, -0.2) is 20.5 Å². The summed E-state index contributed by atoms with van der Waals surface area (Å²) in [6, 6.07) is 2.02. The van der Waals surface area contributed by atoms with Gasteiger partial charge in [-0.2, -0.15) is 5.10 Å². The molecule has 3 nitrogen and oxygen atoms in total. The van der Waals surface area contributed by atoms with Crippen molar-refractivity contribution in [3.63, 3.8) is 0 Å². The van der Waals surface area contributed by atoms with Gasteiger partial charge in [0.05, 0.1) is 5.60 Å². The van der Waals surface area contributed by atoms with E-state index < -0.39 is 5.60 Å². The molecule has 1 heterocycles. The predicted octanol–water partition coefficient (Wildman–Crippen LogP) is 1.90. The molecule has 2 rings (SSSR count). The number of aromatic nitrogens is 2. The minimum Gasteiger partial charge on any atom is -0.390 e. The third-order valence-corrected chi connectivity index (χ3v) is 3.27. The second-order valence-corrected chi connectivity index (χ2v) is 5.09. The van der Waals surface area contributed by atoms with Crippen LogP contribution in [0.25, 0.3) is 0 Å². The summed E-state index contributed by atoms with van der Waals surface area (Å²) in [5.41, 5.74) is 0.705. The highest BCUT2D eigenvalue weighted by atomic mass is 16.3. The van der Waals surface area contributed by atoms with Crippen molar-refractivity contribution >= 4 is 0 Å². The van der Waals surface area contributed by atoms with Gasteiger partial charge < -0.3 is 5.11 Å². The third-order valence-electron chi connectivity index (χ3n) is 3.27. The maximum Gasteiger partial charge on any atom is 0.0626 e. The normalized spacial score (nSPS) is 20.2. The minimum absolute atomic E-state index is 0.495. The summed E-state index contributed by atoms with van der Waals surface area (Å²) >= 11 is 0. The zero-order valence-corrected chi connectivity index (χ0v) is 9.61. The topological polar surface area (TPSA) is 38.0 Å². The Morgan fingerprint density at radius 2 is 2.33 bits per heavy atom. The molecular formula is C12H20N2O. The lowest BCUT2D eigenvalue weighted by Gasteiger charge is -2.23. The molecule has 1 aromatic rings. The number of aryl methyl sites for hydroxylation is 2. The van der Waals surface area contributed by atoms with Gasteiger partial charge in [0.2, 0.25) is 0 Å². The third kappa shape index (κ3) is 3.06. The molecule has 84 valence electrons. The second kappa shape index (κ2) is 3.97. The van der Waals surface area contributed by atoms with Gasteiger partial charge in [-0.05, 0) is 38.2 Å². The van der Waals surface area contributed by atoms with E-state index in [0.717, 1.165) is 25.2 Å². The van der Waals surface area contributed by atoms with Gasteiger partial charge in [0.1, 0.15) is 0 Å². The van der Waals surface area contributed by atoms with Gasteiger partial charge >= 0.3 is 0 Å². The van der Waals surface area contributed by atoms with Crippen LogP contribution in [0.3, 0.4) is 0 Å². The van der Waals surface area contributed by atoms with E-state index in [9.17, 15) is 5.11 Å². The Morgan fingerprint density at radius 3 is 2.87 bits per heavy atom. The molecule has 1 unspecified atom stereocenters. The van der Waals surface area contributed by atoms with Gasteiger partial charge in [-0.3, -0.25) is 4.68 Å². The molecule has 0 aliphatic heterocycles. The van der Waals surface area contributed by atoms with Crippen LogP contribution in [0.4, 0.5) is 0 Å². The summed E-state index contributed by atoms with van der Waals surface area (Å²) in [5, 5.41) is 14.3. The second-order valence-electron chi connectivity index (χ2n) is 5.09. The lowest BCUT2D eigenvalue weighted by molar-refractivity contribution is 0.0362. The van der Waals surface area contributed by atoms with Gasteiger partial charge in [-0.25, -0.2) is 0 Å². The Morgan fingerprint density at radius 1 is 1.60 bits per heavy atom. The molecule has 1 saturated carbocycles. The van der Waals surface area contributed by atoms with E-state index in [-0.39, 0.29) is 0 Å². The van der Waals surface area contributed by atoms with Crippen LogP contribution < -0.4 is 0 Å². The SMILES string of the molecule is Cn1nccc1CCC(C)(O)CC1CC1. The number of nitrogens with zero attached hydrogens (tertiary/aromatic N) is 2. The highest BCUT2D eigenvalue weighted by molar-refractivity contribution is 5.01. The first kappa shape index (κ1) is 10.7. The van der Waals surface area contributed by atoms with Crippen LogP contribution in [0.5, 0.6) is 0 Å². The van der Waals surface area contributed by atoms with Crippen molar-refractivity contribution in [2.24, 2.45) is 13.0 Å². The molecule has 1 aromatic heterocycles. The minimum atomic E-state index is -0.495. The molecule has 1 fully saturated rings. The van der Waals surface area contributed by atoms with E-state index in [1.165, 1.54) is 18.5 Å². The van der Waals surface area contributed by atoms with Gasteiger partial charge in [0.15, 0.2) is 0 Å². The van der Waals surface area contributed by atoms with Crippen molar-refractivity contribution in [2.75, 3.05) is 0 Å². The molecule has 0 spiro atoms. The fraction of sp³-hybridized carbons (Fsp3) is 0.750. The first-order valence-electron chi connectivity index (χ1n) is 5.76. The molecule has 0 bridgehead atoms. The number of hydrogen-bond acceptors (Lipinski definition) is 2. The summed E-state index contributed by atoms with van der Waals surface area (Å²) in [6.45, 7) is 1.96. The Kier molecular flexibility index (Phi) is 2.83. The number of aliphatic hydroxyl groups is 1. The largest absolute Gasteiger partial charge is 0.390 e.